The molecule has 3 N–H and O–H groups in total. The largest absolute Gasteiger partial charge is 0.595 e. The standard InChI is InChI=1S/C20H26N2O5/c1-13-17-11-20(27-3)19(26-2)10-14(17)7-8-21(13)12-18(23)15-5-4-6-16(9-15)22(24)25/h4-6,9-11,13,18,22-24H,7-8,12H2,1-3H3/t13-,18-/m0/s1. The number of fused-ring (bicyclic) bond motifs is 1. The zero-order chi connectivity index (χ0) is 19.6. The van der Waals surface area contributed by atoms with Crippen LogP contribution in [0.15, 0.2) is 36.4 Å². The second-order valence-corrected chi connectivity index (χ2v) is 6.77. The molecule has 3 atom stereocenters. The van der Waals surface area contributed by atoms with E-state index in [0.29, 0.717) is 17.9 Å². The minimum Gasteiger partial charge on any atom is -0.595 e. The Morgan fingerprint density at radius 2 is 1.93 bits per heavy atom. The molecule has 1 aliphatic heterocycles. The van der Waals surface area contributed by atoms with E-state index in [1.807, 2.05) is 12.1 Å². The van der Waals surface area contributed by atoms with Crippen molar-refractivity contribution in [2.45, 2.75) is 25.5 Å². The Bertz CT molecular complexity index is 796. The number of benzene rings is 2. The van der Waals surface area contributed by atoms with Gasteiger partial charge in [0.25, 0.3) is 0 Å². The van der Waals surface area contributed by atoms with E-state index in [4.69, 9.17) is 14.7 Å². The molecule has 1 heterocycles. The van der Waals surface area contributed by atoms with Crippen LogP contribution in [0.4, 0.5) is 5.69 Å². The number of nitrogens with one attached hydrogen (secondary N) is 1. The maximum absolute atomic E-state index is 11.2. The minimum atomic E-state index is -0.995. The van der Waals surface area contributed by atoms with Crippen LogP contribution in [0.1, 0.15) is 35.8 Å². The van der Waals surface area contributed by atoms with Crippen molar-refractivity contribution in [3.8, 4) is 11.5 Å². The van der Waals surface area contributed by atoms with Crippen molar-refractivity contribution in [2.24, 2.45) is 0 Å². The Morgan fingerprint density at radius 3 is 2.59 bits per heavy atom. The molecule has 3 rings (SSSR count). The molecule has 0 amide bonds. The number of ether oxygens (including phenoxy) is 2. The van der Waals surface area contributed by atoms with Gasteiger partial charge in [-0.2, -0.15) is 5.23 Å². The Kier molecular flexibility index (Phi) is 5.98. The third-order valence-corrected chi connectivity index (χ3v) is 5.24. The van der Waals surface area contributed by atoms with Crippen LogP contribution in [-0.4, -0.2) is 42.5 Å². The second kappa shape index (κ2) is 8.24. The Labute approximate surface area is 158 Å². The monoisotopic (exact) mass is 374 g/mol. The predicted octanol–water partition coefficient (Wildman–Crippen LogP) is 1.76. The zero-order valence-corrected chi connectivity index (χ0v) is 15.8. The number of hydrogen-bond donors (Lipinski definition) is 3. The van der Waals surface area contributed by atoms with E-state index in [9.17, 15) is 10.3 Å². The second-order valence-electron chi connectivity index (χ2n) is 6.77. The van der Waals surface area contributed by atoms with Crippen molar-refractivity contribution in [1.82, 2.24) is 4.90 Å². The Morgan fingerprint density at radius 1 is 1.22 bits per heavy atom. The van der Waals surface area contributed by atoms with Gasteiger partial charge in [-0.1, -0.05) is 12.1 Å². The summed E-state index contributed by atoms with van der Waals surface area (Å²) in [5.74, 6) is 1.42. The molecule has 0 aliphatic carbocycles. The van der Waals surface area contributed by atoms with E-state index in [1.54, 1.807) is 26.4 Å². The molecule has 2 aromatic rings. The number of aliphatic hydroxyl groups excluding tert-OH is 1. The van der Waals surface area contributed by atoms with Crippen molar-refractivity contribution >= 4 is 5.69 Å². The van der Waals surface area contributed by atoms with Crippen LogP contribution < -0.4 is 14.7 Å². The fourth-order valence-electron chi connectivity index (χ4n) is 3.65. The van der Waals surface area contributed by atoms with Gasteiger partial charge in [0.1, 0.15) is 0 Å². The lowest BCUT2D eigenvalue weighted by atomic mass is 9.92. The molecule has 7 nitrogen and oxygen atoms in total. The zero-order valence-electron chi connectivity index (χ0n) is 15.8. The van der Waals surface area contributed by atoms with Gasteiger partial charge >= 0.3 is 0 Å². The first-order chi connectivity index (χ1) is 12.9. The number of methoxy groups -OCH3 is 2. The lowest BCUT2D eigenvalue weighted by Crippen LogP contribution is -2.99. The van der Waals surface area contributed by atoms with Gasteiger partial charge in [-0.05, 0) is 42.2 Å². The summed E-state index contributed by atoms with van der Waals surface area (Å²) in [5, 5.41) is 29.9. The summed E-state index contributed by atoms with van der Waals surface area (Å²) in [4.78, 5) is 2.20. The van der Waals surface area contributed by atoms with Crippen molar-refractivity contribution in [3.05, 3.63) is 58.3 Å². The number of hydrogen-bond acceptors (Lipinski definition) is 6. The van der Waals surface area contributed by atoms with Crippen LogP contribution in [0.3, 0.4) is 0 Å². The summed E-state index contributed by atoms with van der Waals surface area (Å²) in [5.41, 5.74) is 3.17. The highest BCUT2D eigenvalue weighted by molar-refractivity contribution is 5.49. The van der Waals surface area contributed by atoms with Crippen LogP contribution >= 0.6 is 0 Å². The first kappa shape index (κ1) is 19.6. The molecule has 0 fully saturated rings. The maximum atomic E-state index is 11.2. The Balaban J connectivity index is 1.79. The molecule has 1 aliphatic rings. The first-order valence-corrected chi connectivity index (χ1v) is 8.94. The number of aliphatic hydroxyl groups is 1. The van der Waals surface area contributed by atoms with Crippen LogP contribution in [0.25, 0.3) is 0 Å². The summed E-state index contributed by atoms with van der Waals surface area (Å²) in [6.07, 6.45) is 0.0930. The number of quaternary nitrogens is 1. The van der Waals surface area contributed by atoms with E-state index in [2.05, 4.69) is 11.8 Å². The molecule has 27 heavy (non-hydrogen) atoms. The summed E-state index contributed by atoms with van der Waals surface area (Å²) in [6.45, 7) is 3.33. The van der Waals surface area contributed by atoms with Gasteiger partial charge in [0, 0.05) is 31.3 Å². The molecule has 0 saturated heterocycles. The molecule has 146 valence electrons. The van der Waals surface area contributed by atoms with Gasteiger partial charge in [-0.3, -0.25) is 4.90 Å². The maximum Gasteiger partial charge on any atom is 0.164 e. The van der Waals surface area contributed by atoms with Gasteiger partial charge in [-0.15, -0.1) is 0 Å². The SMILES string of the molecule is COc1cc2c(cc1OC)[C@H](C)N(C[C@H](O)c1cccc([NH+]([O-])O)c1)CC2. The van der Waals surface area contributed by atoms with Gasteiger partial charge in [0.15, 0.2) is 17.2 Å². The van der Waals surface area contributed by atoms with Crippen molar-refractivity contribution in [2.75, 3.05) is 27.3 Å². The molecular weight excluding hydrogens is 348 g/mol. The molecule has 0 bridgehead atoms. The molecular formula is C20H26N2O5. The van der Waals surface area contributed by atoms with Crippen LogP contribution in [0, 0.1) is 5.21 Å². The molecule has 0 spiro atoms. The predicted molar refractivity (Wildman–Crippen MR) is 100 cm³/mol. The fraction of sp³-hybridized carbons (Fsp3) is 0.400. The quantitative estimate of drug-likeness (QED) is 0.668. The van der Waals surface area contributed by atoms with E-state index >= 15 is 0 Å². The highest BCUT2D eigenvalue weighted by Gasteiger charge is 2.27. The molecule has 7 heteroatoms. The summed E-state index contributed by atoms with van der Waals surface area (Å²) >= 11 is 0. The third-order valence-electron chi connectivity index (χ3n) is 5.24. The number of rotatable bonds is 6. The summed E-state index contributed by atoms with van der Waals surface area (Å²) in [6, 6.07) is 10.6. The van der Waals surface area contributed by atoms with Gasteiger partial charge < -0.3 is 19.8 Å². The van der Waals surface area contributed by atoms with Crippen LogP contribution in [-0.2, 0) is 6.42 Å². The topological polar surface area (TPSA) is 89.7 Å². The first-order valence-electron chi connectivity index (χ1n) is 8.94. The van der Waals surface area contributed by atoms with E-state index < -0.39 is 11.3 Å². The number of β-amino-alcohol motifs (C(OH)–C–C–N with tert-alkyl or cyclic N) is 1. The highest BCUT2D eigenvalue weighted by atomic mass is 16.8. The molecule has 0 saturated carbocycles. The van der Waals surface area contributed by atoms with Crippen LogP contribution in [0.2, 0.25) is 0 Å². The smallest absolute Gasteiger partial charge is 0.164 e. The molecule has 2 aromatic carbocycles. The summed E-state index contributed by atoms with van der Waals surface area (Å²) < 4.78 is 10.8. The fourth-order valence-corrected chi connectivity index (χ4v) is 3.65. The van der Waals surface area contributed by atoms with E-state index in [-0.39, 0.29) is 11.7 Å². The van der Waals surface area contributed by atoms with Crippen molar-refractivity contribution < 1.29 is 25.0 Å². The Hall–Kier alpha value is -2.16. The lowest BCUT2D eigenvalue weighted by Gasteiger charge is -2.37. The third kappa shape index (κ3) is 4.07. The molecule has 0 radical (unpaired) electrons. The van der Waals surface area contributed by atoms with Crippen molar-refractivity contribution in [3.63, 3.8) is 0 Å². The lowest BCUT2D eigenvalue weighted by molar-refractivity contribution is -0.991. The van der Waals surface area contributed by atoms with Gasteiger partial charge in [0.2, 0.25) is 0 Å². The van der Waals surface area contributed by atoms with Crippen LogP contribution in [0.5, 0.6) is 11.5 Å². The van der Waals surface area contributed by atoms with E-state index in [1.165, 1.54) is 17.7 Å². The summed E-state index contributed by atoms with van der Waals surface area (Å²) in [7, 11) is 3.25. The molecule has 0 aromatic heterocycles. The average Bonchev–Trinajstić information content (AvgIpc) is 2.69. The van der Waals surface area contributed by atoms with E-state index in [0.717, 1.165) is 24.3 Å². The van der Waals surface area contributed by atoms with Crippen molar-refractivity contribution in [1.29, 1.82) is 0 Å². The highest BCUT2D eigenvalue weighted by Crippen LogP contribution is 2.38. The average molecular weight is 374 g/mol. The number of nitrogens with zero attached hydrogens (tertiary/aromatic N) is 1. The minimum absolute atomic E-state index is 0.103. The van der Waals surface area contributed by atoms with Gasteiger partial charge in [-0.25, -0.2) is 5.21 Å². The molecule has 1 unspecified atom stereocenters. The normalized spacial score (nSPS) is 19.3. The van der Waals surface area contributed by atoms with Gasteiger partial charge in [0.05, 0.1) is 20.3 Å².